The van der Waals surface area contributed by atoms with Crippen molar-refractivity contribution in [2.45, 2.75) is 59.4 Å². The molecule has 0 aromatic carbocycles. The number of nitrogens with one attached hydrogen (secondary N) is 1. The molecule has 0 radical (unpaired) electrons. The van der Waals surface area contributed by atoms with Crippen molar-refractivity contribution in [2.75, 3.05) is 16.8 Å². The fourth-order valence-electron chi connectivity index (χ4n) is 2.70. The first-order valence-electron chi connectivity index (χ1n) is 7.96. The van der Waals surface area contributed by atoms with Gasteiger partial charge in [0.2, 0.25) is 5.91 Å². The maximum Gasteiger partial charge on any atom is 0.230 e. The molecule has 0 bridgehead atoms. The molecule has 1 aliphatic rings. The van der Waals surface area contributed by atoms with Crippen LogP contribution in [0.25, 0.3) is 0 Å². The molecule has 0 saturated carbocycles. The largest absolute Gasteiger partial charge is 0.367 e. The van der Waals surface area contributed by atoms with Crippen LogP contribution in [0.4, 0.5) is 11.5 Å². The number of anilines is 2. The van der Waals surface area contributed by atoms with Crippen LogP contribution in [0.3, 0.4) is 0 Å². The first kappa shape index (κ1) is 15.8. The third-order valence-corrected chi connectivity index (χ3v) is 4.10. The van der Waals surface area contributed by atoms with Gasteiger partial charge in [-0.3, -0.25) is 4.79 Å². The number of hydrogen-bond acceptors (Lipinski definition) is 3. The Kier molecular flexibility index (Phi) is 4.86. The summed E-state index contributed by atoms with van der Waals surface area (Å²) in [6.45, 7) is 9.05. The van der Waals surface area contributed by atoms with E-state index in [1.165, 1.54) is 25.7 Å². The number of pyridine rings is 1. The summed E-state index contributed by atoms with van der Waals surface area (Å²) in [7, 11) is 0. The van der Waals surface area contributed by atoms with Crippen LogP contribution in [0.1, 0.15) is 53.4 Å². The highest BCUT2D eigenvalue weighted by atomic mass is 16.2. The van der Waals surface area contributed by atoms with E-state index in [1.807, 2.05) is 33.0 Å². The van der Waals surface area contributed by atoms with Crippen LogP contribution in [0.15, 0.2) is 18.3 Å². The quantitative estimate of drug-likeness (QED) is 0.919. The molecule has 1 unspecified atom stereocenters. The van der Waals surface area contributed by atoms with Crippen LogP contribution in [-0.4, -0.2) is 23.5 Å². The summed E-state index contributed by atoms with van der Waals surface area (Å²) in [5.74, 6) is 0.621. The van der Waals surface area contributed by atoms with Gasteiger partial charge in [-0.2, -0.15) is 0 Å². The standard InChI is InChI=1S/C17H27N3O/c1-5-13-8-6-7-11-20(13)14-9-10-15(18-12-14)19-16(21)17(2,3)4/h9-10,12-13H,5-8,11H2,1-4H3,(H,18,19,21). The number of amides is 1. The Morgan fingerprint density at radius 1 is 1.38 bits per heavy atom. The number of carbonyl (C=O) groups excluding carboxylic acids is 1. The van der Waals surface area contributed by atoms with Crippen LogP contribution in [0.5, 0.6) is 0 Å². The first-order chi connectivity index (χ1) is 9.91. The lowest BCUT2D eigenvalue weighted by Gasteiger charge is -2.37. The summed E-state index contributed by atoms with van der Waals surface area (Å²) < 4.78 is 0. The maximum atomic E-state index is 12.0. The van der Waals surface area contributed by atoms with Gasteiger partial charge in [0.1, 0.15) is 5.82 Å². The molecule has 4 nitrogen and oxygen atoms in total. The van der Waals surface area contributed by atoms with Gasteiger partial charge in [0.05, 0.1) is 11.9 Å². The van der Waals surface area contributed by atoms with Gasteiger partial charge in [0.25, 0.3) is 0 Å². The van der Waals surface area contributed by atoms with Gasteiger partial charge in [-0.25, -0.2) is 4.98 Å². The third kappa shape index (κ3) is 3.96. The average molecular weight is 289 g/mol. The van der Waals surface area contributed by atoms with Gasteiger partial charge in [-0.15, -0.1) is 0 Å². The van der Waals surface area contributed by atoms with Gasteiger partial charge in [-0.1, -0.05) is 27.7 Å². The van der Waals surface area contributed by atoms with Gasteiger partial charge < -0.3 is 10.2 Å². The minimum absolute atomic E-state index is 0.00726. The molecule has 2 heterocycles. The number of rotatable bonds is 3. The molecular weight excluding hydrogens is 262 g/mol. The number of carbonyl (C=O) groups is 1. The van der Waals surface area contributed by atoms with E-state index in [0.29, 0.717) is 11.9 Å². The second kappa shape index (κ2) is 6.46. The molecule has 1 saturated heterocycles. The second-order valence-corrected chi connectivity index (χ2v) is 6.86. The highest BCUT2D eigenvalue weighted by molar-refractivity contribution is 5.93. The van der Waals surface area contributed by atoms with Crippen molar-refractivity contribution in [1.82, 2.24) is 4.98 Å². The summed E-state index contributed by atoms with van der Waals surface area (Å²) in [5.41, 5.74) is 0.760. The Morgan fingerprint density at radius 2 is 2.14 bits per heavy atom. The molecule has 1 aromatic heterocycles. The van der Waals surface area contributed by atoms with E-state index in [9.17, 15) is 4.79 Å². The SMILES string of the molecule is CCC1CCCCN1c1ccc(NC(=O)C(C)(C)C)nc1. The van der Waals surface area contributed by atoms with E-state index in [4.69, 9.17) is 0 Å². The van der Waals surface area contributed by atoms with Crippen molar-refractivity contribution in [3.8, 4) is 0 Å². The van der Waals surface area contributed by atoms with Crippen LogP contribution in [0.2, 0.25) is 0 Å². The number of piperidine rings is 1. The molecule has 0 spiro atoms. The summed E-state index contributed by atoms with van der Waals surface area (Å²) in [6.07, 6.45) is 6.88. The van der Waals surface area contributed by atoms with E-state index in [2.05, 4.69) is 28.2 Å². The number of aromatic nitrogens is 1. The predicted molar refractivity (Wildman–Crippen MR) is 87.6 cm³/mol. The topological polar surface area (TPSA) is 45.2 Å². The summed E-state index contributed by atoms with van der Waals surface area (Å²) >= 11 is 0. The molecule has 1 atom stereocenters. The Balaban J connectivity index is 2.06. The average Bonchev–Trinajstić information content (AvgIpc) is 2.47. The molecule has 1 fully saturated rings. The molecule has 2 rings (SSSR count). The van der Waals surface area contributed by atoms with Gasteiger partial charge >= 0.3 is 0 Å². The molecule has 4 heteroatoms. The monoisotopic (exact) mass is 289 g/mol. The fraction of sp³-hybridized carbons (Fsp3) is 0.647. The van der Waals surface area contributed by atoms with E-state index < -0.39 is 5.41 Å². The van der Waals surface area contributed by atoms with Crippen LogP contribution in [0, 0.1) is 5.41 Å². The van der Waals surface area contributed by atoms with Crippen molar-refractivity contribution in [3.05, 3.63) is 18.3 Å². The molecule has 1 amide bonds. The van der Waals surface area contributed by atoms with Crippen molar-refractivity contribution >= 4 is 17.4 Å². The van der Waals surface area contributed by atoms with Crippen molar-refractivity contribution in [2.24, 2.45) is 5.41 Å². The Hall–Kier alpha value is -1.58. The minimum atomic E-state index is -0.402. The lowest BCUT2D eigenvalue weighted by atomic mass is 9.96. The molecule has 21 heavy (non-hydrogen) atoms. The van der Waals surface area contributed by atoms with E-state index >= 15 is 0 Å². The molecule has 1 aromatic rings. The van der Waals surface area contributed by atoms with Crippen molar-refractivity contribution < 1.29 is 4.79 Å². The highest BCUT2D eigenvalue weighted by Crippen LogP contribution is 2.26. The number of hydrogen-bond donors (Lipinski definition) is 1. The molecule has 0 aliphatic carbocycles. The van der Waals surface area contributed by atoms with Crippen LogP contribution in [-0.2, 0) is 4.79 Å². The lowest BCUT2D eigenvalue weighted by molar-refractivity contribution is -0.123. The van der Waals surface area contributed by atoms with Crippen LogP contribution >= 0.6 is 0 Å². The lowest BCUT2D eigenvalue weighted by Crippen LogP contribution is -2.39. The molecule has 1 N–H and O–H groups in total. The Morgan fingerprint density at radius 3 is 2.71 bits per heavy atom. The Labute approximate surface area is 127 Å². The first-order valence-corrected chi connectivity index (χ1v) is 7.96. The molecular formula is C17H27N3O. The van der Waals surface area contributed by atoms with E-state index in [0.717, 1.165) is 12.2 Å². The highest BCUT2D eigenvalue weighted by Gasteiger charge is 2.23. The Bertz CT molecular complexity index is 476. The third-order valence-electron chi connectivity index (χ3n) is 4.10. The van der Waals surface area contributed by atoms with E-state index in [1.54, 1.807) is 0 Å². The van der Waals surface area contributed by atoms with Gasteiger partial charge in [0, 0.05) is 18.0 Å². The van der Waals surface area contributed by atoms with Crippen LogP contribution < -0.4 is 10.2 Å². The van der Waals surface area contributed by atoms with Crippen molar-refractivity contribution in [1.29, 1.82) is 0 Å². The van der Waals surface area contributed by atoms with Gasteiger partial charge in [-0.05, 0) is 37.8 Å². The fourth-order valence-corrected chi connectivity index (χ4v) is 2.70. The minimum Gasteiger partial charge on any atom is -0.367 e. The zero-order chi connectivity index (χ0) is 15.5. The molecule has 1 aliphatic heterocycles. The summed E-state index contributed by atoms with van der Waals surface area (Å²) in [4.78, 5) is 18.8. The number of nitrogens with zero attached hydrogens (tertiary/aromatic N) is 2. The van der Waals surface area contributed by atoms with E-state index in [-0.39, 0.29) is 5.91 Å². The van der Waals surface area contributed by atoms with Crippen molar-refractivity contribution in [3.63, 3.8) is 0 Å². The summed E-state index contributed by atoms with van der Waals surface area (Å²) in [5, 5.41) is 2.87. The predicted octanol–water partition coefficient (Wildman–Crippen LogP) is 3.84. The zero-order valence-electron chi connectivity index (χ0n) is 13.6. The molecule has 116 valence electrons. The maximum absolute atomic E-state index is 12.0. The second-order valence-electron chi connectivity index (χ2n) is 6.86. The normalized spacial score (nSPS) is 19.4. The zero-order valence-corrected chi connectivity index (χ0v) is 13.6. The summed E-state index contributed by atoms with van der Waals surface area (Å²) in [6, 6.07) is 4.59. The van der Waals surface area contributed by atoms with Gasteiger partial charge in [0.15, 0.2) is 0 Å². The smallest absolute Gasteiger partial charge is 0.230 e.